The summed E-state index contributed by atoms with van der Waals surface area (Å²) in [5.41, 5.74) is 2.11. The van der Waals surface area contributed by atoms with E-state index in [-0.39, 0.29) is 18.2 Å². The largest absolute Gasteiger partial charge is 0.341 e. The van der Waals surface area contributed by atoms with Gasteiger partial charge >= 0.3 is 6.03 Å². The molecule has 1 unspecified atom stereocenters. The van der Waals surface area contributed by atoms with Gasteiger partial charge in [0, 0.05) is 32.5 Å². The minimum atomic E-state index is -0.635. The number of urea groups is 1. The molecule has 0 spiro atoms. The molecular weight excluding hydrogens is 346 g/mol. The van der Waals surface area contributed by atoms with Crippen molar-refractivity contribution in [2.24, 2.45) is 7.05 Å². The highest BCUT2D eigenvalue weighted by Crippen LogP contribution is 2.30. The lowest BCUT2D eigenvalue weighted by molar-refractivity contribution is -0.134. The first-order valence-electron chi connectivity index (χ1n) is 9.33. The highest BCUT2D eigenvalue weighted by atomic mass is 16.2. The van der Waals surface area contributed by atoms with Crippen molar-refractivity contribution in [1.82, 2.24) is 25.1 Å². The highest BCUT2D eigenvalue weighted by Gasteiger charge is 2.33. The molecule has 2 fully saturated rings. The van der Waals surface area contributed by atoms with Gasteiger partial charge in [-0.1, -0.05) is 12.1 Å². The van der Waals surface area contributed by atoms with Crippen LogP contribution in [0.3, 0.4) is 0 Å². The minimum Gasteiger partial charge on any atom is -0.341 e. The van der Waals surface area contributed by atoms with Crippen molar-refractivity contribution in [2.75, 3.05) is 13.1 Å². The number of nitrogens with zero attached hydrogens (tertiary/aromatic N) is 3. The topological polar surface area (TPSA) is 96.3 Å². The molecule has 1 aromatic heterocycles. The Balaban J connectivity index is 1.42. The molecule has 0 bridgehead atoms. The van der Waals surface area contributed by atoms with Crippen LogP contribution in [0, 0.1) is 0 Å². The second kappa shape index (κ2) is 7.02. The Morgan fingerprint density at radius 2 is 1.89 bits per heavy atom. The predicted molar refractivity (Wildman–Crippen MR) is 99.0 cm³/mol. The van der Waals surface area contributed by atoms with Crippen LogP contribution >= 0.6 is 0 Å². The summed E-state index contributed by atoms with van der Waals surface area (Å²) >= 11 is 0. The van der Waals surface area contributed by atoms with Gasteiger partial charge in [0.05, 0.1) is 11.0 Å². The number of hydrogen-bond donors (Lipinski definition) is 2. The van der Waals surface area contributed by atoms with E-state index in [1.165, 1.54) is 0 Å². The Morgan fingerprint density at radius 3 is 2.63 bits per heavy atom. The van der Waals surface area contributed by atoms with Crippen LogP contribution in [-0.4, -0.2) is 51.4 Å². The standard InChI is InChI=1S/C19H23N5O3/c1-23-15-5-3-2-4-13(15)20-17(23)12-8-10-24(11-9-12)18(26)14-6-7-16(25)22-19(27)21-14/h2-5,12,14H,6-11H2,1H3,(H2,21,22,25,27). The number of imidazole rings is 1. The molecule has 8 heteroatoms. The third-order valence-corrected chi connectivity index (χ3v) is 5.51. The summed E-state index contributed by atoms with van der Waals surface area (Å²) in [5, 5.41) is 4.80. The number of benzene rings is 1. The quantitative estimate of drug-likeness (QED) is 0.833. The number of nitrogens with one attached hydrogen (secondary N) is 2. The van der Waals surface area contributed by atoms with Crippen LogP contribution in [0.2, 0.25) is 0 Å². The number of piperidine rings is 1. The zero-order valence-electron chi connectivity index (χ0n) is 15.3. The van der Waals surface area contributed by atoms with Gasteiger partial charge in [-0.25, -0.2) is 9.78 Å². The third-order valence-electron chi connectivity index (χ3n) is 5.51. The zero-order valence-corrected chi connectivity index (χ0v) is 15.3. The summed E-state index contributed by atoms with van der Waals surface area (Å²) < 4.78 is 2.14. The van der Waals surface area contributed by atoms with E-state index in [2.05, 4.69) is 21.3 Å². The predicted octanol–water partition coefficient (Wildman–Crippen LogP) is 1.27. The first kappa shape index (κ1) is 17.5. The smallest absolute Gasteiger partial charge is 0.322 e. The SMILES string of the molecule is Cn1c(C2CCN(C(=O)C3CCC(=O)NC(=O)N3)CC2)nc2ccccc21. The number of carbonyl (C=O) groups is 3. The van der Waals surface area contributed by atoms with Gasteiger partial charge in [0.2, 0.25) is 11.8 Å². The molecule has 2 aromatic rings. The number of aryl methyl sites for hydroxylation is 1. The van der Waals surface area contributed by atoms with Crippen molar-refractivity contribution in [3.8, 4) is 0 Å². The molecule has 0 aliphatic carbocycles. The Kier molecular flexibility index (Phi) is 4.55. The van der Waals surface area contributed by atoms with Crippen molar-refractivity contribution in [3.05, 3.63) is 30.1 Å². The molecule has 2 saturated heterocycles. The van der Waals surface area contributed by atoms with E-state index in [0.29, 0.717) is 25.4 Å². The van der Waals surface area contributed by atoms with Crippen molar-refractivity contribution < 1.29 is 14.4 Å². The molecule has 27 heavy (non-hydrogen) atoms. The molecule has 2 aliphatic rings. The first-order chi connectivity index (χ1) is 13.0. The normalized spacial score (nSPS) is 21.7. The summed E-state index contributed by atoms with van der Waals surface area (Å²) in [6.07, 6.45) is 2.17. The summed E-state index contributed by atoms with van der Waals surface area (Å²) in [6, 6.07) is 6.85. The van der Waals surface area contributed by atoms with E-state index in [1.807, 2.05) is 25.2 Å². The molecule has 8 nitrogen and oxygen atoms in total. The average molecular weight is 369 g/mol. The minimum absolute atomic E-state index is 0.108. The monoisotopic (exact) mass is 369 g/mol. The number of imide groups is 1. The molecule has 4 rings (SSSR count). The van der Waals surface area contributed by atoms with E-state index in [9.17, 15) is 14.4 Å². The number of aromatic nitrogens is 2. The number of rotatable bonds is 2. The molecule has 4 amide bonds. The number of carbonyl (C=O) groups excluding carboxylic acids is 3. The van der Waals surface area contributed by atoms with Crippen LogP contribution in [0.1, 0.15) is 37.4 Å². The van der Waals surface area contributed by atoms with Crippen molar-refractivity contribution >= 4 is 28.9 Å². The lowest BCUT2D eigenvalue weighted by Gasteiger charge is -2.33. The summed E-state index contributed by atoms with van der Waals surface area (Å²) in [5.74, 6) is 0.908. The van der Waals surface area contributed by atoms with E-state index in [4.69, 9.17) is 4.98 Å². The second-order valence-corrected chi connectivity index (χ2v) is 7.23. The van der Waals surface area contributed by atoms with E-state index < -0.39 is 12.1 Å². The van der Waals surface area contributed by atoms with Crippen LogP contribution in [0.5, 0.6) is 0 Å². The average Bonchev–Trinajstić information content (AvgIpc) is 2.91. The fourth-order valence-corrected chi connectivity index (χ4v) is 4.02. The number of amides is 4. The molecule has 2 aliphatic heterocycles. The summed E-state index contributed by atoms with van der Waals surface area (Å²) in [4.78, 5) is 42.4. The number of likely N-dealkylation sites (tertiary alicyclic amines) is 1. The molecule has 0 saturated carbocycles. The maximum Gasteiger partial charge on any atom is 0.322 e. The molecule has 1 aromatic carbocycles. The number of hydrogen-bond acceptors (Lipinski definition) is 4. The second-order valence-electron chi connectivity index (χ2n) is 7.23. The number of para-hydroxylation sites is 2. The van der Waals surface area contributed by atoms with Crippen molar-refractivity contribution in [1.29, 1.82) is 0 Å². The Hall–Kier alpha value is -2.90. The summed E-state index contributed by atoms with van der Waals surface area (Å²) in [7, 11) is 2.03. The van der Waals surface area contributed by atoms with Gasteiger partial charge < -0.3 is 14.8 Å². The molecule has 2 N–H and O–H groups in total. The van der Waals surface area contributed by atoms with Crippen LogP contribution in [0.15, 0.2) is 24.3 Å². The molecule has 142 valence electrons. The van der Waals surface area contributed by atoms with Crippen molar-refractivity contribution in [3.63, 3.8) is 0 Å². The van der Waals surface area contributed by atoms with E-state index >= 15 is 0 Å². The van der Waals surface area contributed by atoms with Crippen molar-refractivity contribution in [2.45, 2.75) is 37.6 Å². The highest BCUT2D eigenvalue weighted by molar-refractivity contribution is 5.98. The van der Waals surface area contributed by atoms with Crippen LogP contribution < -0.4 is 10.6 Å². The third kappa shape index (κ3) is 3.39. The van der Waals surface area contributed by atoms with Crippen LogP contribution in [0.4, 0.5) is 4.79 Å². The van der Waals surface area contributed by atoms with Crippen LogP contribution in [-0.2, 0) is 16.6 Å². The van der Waals surface area contributed by atoms with Gasteiger partial charge in [-0.15, -0.1) is 0 Å². The number of fused-ring (bicyclic) bond motifs is 1. The van der Waals surface area contributed by atoms with Gasteiger partial charge in [-0.3, -0.25) is 14.9 Å². The van der Waals surface area contributed by atoms with Gasteiger partial charge in [-0.05, 0) is 31.4 Å². The first-order valence-corrected chi connectivity index (χ1v) is 9.33. The molecular formula is C19H23N5O3. The maximum absolute atomic E-state index is 12.8. The van der Waals surface area contributed by atoms with Crippen LogP contribution in [0.25, 0.3) is 11.0 Å². The van der Waals surface area contributed by atoms with Gasteiger partial charge in [0.1, 0.15) is 11.9 Å². The lowest BCUT2D eigenvalue weighted by atomic mass is 9.95. The molecule has 1 atom stereocenters. The van der Waals surface area contributed by atoms with Gasteiger partial charge in [-0.2, -0.15) is 0 Å². The Morgan fingerprint density at radius 1 is 1.15 bits per heavy atom. The van der Waals surface area contributed by atoms with Gasteiger partial charge in [0.15, 0.2) is 0 Å². The Bertz CT molecular complexity index is 898. The Labute approximate surface area is 156 Å². The summed E-state index contributed by atoms with van der Waals surface area (Å²) in [6.45, 7) is 1.25. The van der Waals surface area contributed by atoms with E-state index in [0.717, 1.165) is 29.7 Å². The molecule has 3 heterocycles. The van der Waals surface area contributed by atoms with Gasteiger partial charge in [0.25, 0.3) is 0 Å². The van der Waals surface area contributed by atoms with E-state index in [1.54, 1.807) is 4.90 Å². The lowest BCUT2D eigenvalue weighted by Crippen LogP contribution is -2.51. The fraction of sp³-hybridized carbons (Fsp3) is 0.474. The fourth-order valence-electron chi connectivity index (χ4n) is 4.02. The zero-order chi connectivity index (χ0) is 19.0. The maximum atomic E-state index is 12.8. The molecule has 0 radical (unpaired) electrons.